The van der Waals surface area contributed by atoms with Crippen LogP contribution in [0.2, 0.25) is 0 Å². The summed E-state index contributed by atoms with van der Waals surface area (Å²) in [4.78, 5) is 10.8. The van der Waals surface area contributed by atoms with Gasteiger partial charge in [0.05, 0.1) is 13.3 Å². The van der Waals surface area contributed by atoms with Gasteiger partial charge in [-0.3, -0.25) is 19.6 Å². The van der Waals surface area contributed by atoms with Crippen molar-refractivity contribution in [1.82, 2.24) is 24.5 Å². The van der Waals surface area contributed by atoms with Crippen LogP contribution in [0, 0.1) is 0 Å². The van der Waals surface area contributed by atoms with Crippen LogP contribution in [0.5, 0.6) is 0 Å². The van der Waals surface area contributed by atoms with Crippen LogP contribution in [0.3, 0.4) is 0 Å². The average Bonchev–Trinajstić information content (AvgIpc) is 2.14. The van der Waals surface area contributed by atoms with Crippen molar-refractivity contribution in [1.29, 1.82) is 0 Å². The Kier molecular flexibility index (Phi) is 21.6. The normalized spacial score (nSPS) is 14.7. The first kappa shape index (κ1) is 25.1. The minimum Gasteiger partial charge on any atom is -0.312 e. The van der Waals surface area contributed by atoms with Gasteiger partial charge in [0.25, 0.3) is 0 Å². The maximum absolute atomic E-state index is 2.25. The van der Waals surface area contributed by atoms with E-state index in [1.807, 2.05) is 38.6 Å². The lowest BCUT2D eigenvalue weighted by Crippen LogP contribution is -2.50. The highest BCUT2D eigenvalue weighted by Gasteiger charge is 2.12. The summed E-state index contributed by atoms with van der Waals surface area (Å²) >= 11 is 1.75. The number of thioether (sulfide) groups is 1. The summed E-state index contributed by atoms with van der Waals surface area (Å²) in [7, 11) is 18.4. The van der Waals surface area contributed by atoms with E-state index in [0.717, 1.165) is 20.0 Å². The van der Waals surface area contributed by atoms with Gasteiger partial charge >= 0.3 is 0 Å². The minimum absolute atomic E-state index is 1.03. The van der Waals surface area contributed by atoms with Gasteiger partial charge in [-0.1, -0.05) is 0 Å². The first-order valence-corrected chi connectivity index (χ1v) is 8.37. The van der Waals surface area contributed by atoms with Gasteiger partial charge in [0, 0.05) is 6.67 Å². The second-order valence-corrected chi connectivity index (χ2v) is 6.86. The zero-order valence-corrected chi connectivity index (χ0v) is 16.6. The van der Waals surface area contributed by atoms with Gasteiger partial charge in [0.15, 0.2) is 0 Å². The van der Waals surface area contributed by atoms with Crippen LogP contribution in [-0.2, 0) is 0 Å². The molecular weight excluding hydrogens is 270 g/mol. The SMILES string of the molecule is CN(C)C.CN(C)CN(C)C.CN1CN(C)C1.CSC. The van der Waals surface area contributed by atoms with Crippen molar-refractivity contribution >= 4 is 11.8 Å². The van der Waals surface area contributed by atoms with Crippen molar-refractivity contribution < 1.29 is 0 Å². The second kappa shape index (κ2) is 17.2. The second-order valence-electron chi connectivity index (χ2n) is 6.05. The van der Waals surface area contributed by atoms with Crippen LogP contribution in [-0.4, -0.2) is 120 Å². The van der Waals surface area contributed by atoms with Crippen molar-refractivity contribution in [2.24, 2.45) is 0 Å². The molecule has 0 saturated carbocycles. The molecule has 0 unspecified atom stereocenters. The van der Waals surface area contributed by atoms with Gasteiger partial charge < -0.3 is 4.90 Å². The quantitative estimate of drug-likeness (QED) is 0.703. The molecule has 0 atom stereocenters. The molecule has 1 aliphatic rings. The monoisotopic (exact) mass is 309 g/mol. The molecule has 1 aliphatic heterocycles. The number of nitrogens with zero attached hydrogens (tertiary/aromatic N) is 5. The van der Waals surface area contributed by atoms with E-state index in [1.54, 1.807) is 11.8 Å². The predicted octanol–water partition coefficient (Wildman–Crippen LogP) is 1.00. The maximum atomic E-state index is 2.25. The molecule has 0 amide bonds. The Labute approximate surface area is 132 Å². The smallest absolute Gasteiger partial charge is 0.0523 e. The maximum Gasteiger partial charge on any atom is 0.0523 e. The predicted molar refractivity (Wildman–Crippen MR) is 96.6 cm³/mol. The van der Waals surface area contributed by atoms with Crippen LogP contribution in [0.25, 0.3) is 0 Å². The van der Waals surface area contributed by atoms with E-state index < -0.39 is 0 Å². The molecule has 0 aromatic rings. The van der Waals surface area contributed by atoms with Gasteiger partial charge in [-0.2, -0.15) is 11.8 Å². The van der Waals surface area contributed by atoms with E-state index >= 15 is 0 Å². The summed E-state index contributed by atoms with van der Waals surface area (Å²) in [6, 6.07) is 0. The lowest BCUT2D eigenvalue weighted by atomic mass is 10.6. The Morgan fingerprint density at radius 2 is 0.950 bits per heavy atom. The highest BCUT2D eigenvalue weighted by atomic mass is 32.2. The van der Waals surface area contributed by atoms with E-state index in [4.69, 9.17) is 0 Å². The molecule has 6 heteroatoms. The number of hydrogen-bond donors (Lipinski definition) is 0. The topological polar surface area (TPSA) is 16.2 Å². The fourth-order valence-electron chi connectivity index (χ4n) is 1.35. The van der Waals surface area contributed by atoms with Crippen LogP contribution in [0.4, 0.5) is 0 Å². The standard InChI is InChI=1S/C5H14N2.C4H10N2.C3H9N.C2H6S/c1-6(2)5-7(3)4;1-5-3-6(2)4-5;1-4(2)3;1-3-2/h5H2,1-4H3;3-4H2,1-2H3;1-3H3;1-2H3. The lowest BCUT2D eigenvalue weighted by Gasteiger charge is -2.36. The van der Waals surface area contributed by atoms with Gasteiger partial charge in [0.1, 0.15) is 0 Å². The number of rotatable bonds is 2. The number of hydrogen-bond acceptors (Lipinski definition) is 6. The molecule has 0 N–H and O–H groups in total. The molecule has 20 heavy (non-hydrogen) atoms. The summed E-state index contributed by atoms with van der Waals surface area (Å²) in [6.07, 6.45) is 4.08. The van der Waals surface area contributed by atoms with E-state index in [1.165, 1.54) is 0 Å². The Hall–Kier alpha value is 0.150. The molecule has 0 aliphatic carbocycles. The molecule has 1 fully saturated rings. The van der Waals surface area contributed by atoms with E-state index in [2.05, 4.69) is 61.9 Å². The zero-order valence-electron chi connectivity index (χ0n) is 15.8. The zero-order chi connectivity index (χ0) is 16.7. The molecule has 0 aromatic carbocycles. The van der Waals surface area contributed by atoms with Gasteiger partial charge in [0.2, 0.25) is 0 Å². The molecule has 0 spiro atoms. The molecule has 0 aromatic heterocycles. The first-order chi connectivity index (χ1) is 9.06. The van der Waals surface area contributed by atoms with E-state index in [0.29, 0.717) is 0 Å². The van der Waals surface area contributed by atoms with Crippen molar-refractivity contribution in [3.05, 3.63) is 0 Å². The molecule has 1 heterocycles. The van der Waals surface area contributed by atoms with Gasteiger partial charge in [-0.25, -0.2) is 0 Å². The van der Waals surface area contributed by atoms with Crippen molar-refractivity contribution in [2.75, 3.05) is 95.9 Å². The average molecular weight is 310 g/mol. The third-order valence-corrected chi connectivity index (χ3v) is 1.53. The summed E-state index contributed by atoms with van der Waals surface area (Å²) in [5, 5.41) is 0. The fourth-order valence-corrected chi connectivity index (χ4v) is 1.35. The fraction of sp³-hybridized carbons (Fsp3) is 1.00. The van der Waals surface area contributed by atoms with Gasteiger partial charge in [-0.15, -0.1) is 0 Å². The van der Waals surface area contributed by atoms with Crippen molar-refractivity contribution in [3.63, 3.8) is 0 Å². The molecule has 0 bridgehead atoms. The van der Waals surface area contributed by atoms with E-state index in [-0.39, 0.29) is 0 Å². The van der Waals surface area contributed by atoms with Crippen LogP contribution in [0.15, 0.2) is 0 Å². The molecule has 1 saturated heterocycles. The first-order valence-electron chi connectivity index (χ1n) is 6.74. The minimum atomic E-state index is 1.03. The Balaban J connectivity index is -0.000000203. The lowest BCUT2D eigenvalue weighted by molar-refractivity contribution is 0.0149. The summed E-state index contributed by atoms with van der Waals surface area (Å²) in [6.45, 7) is 3.31. The van der Waals surface area contributed by atoms with Gasteiger partial charge in [-0.05, 0) is 75.9 Å². The third-order valence-electron chi connectivity index (χ3n) is 1.53. The van der Waals surface area contributed by atoms with Crippen LogP contribution < -0.4 is 0 Å². The molecule has 5 nitrogen and oxygen atoms in total. The van der Waals surface area contributed by atoms with Crippen LogP contribution >= 0.6 is 11.8 Å². The highest BCUT2D eigenvalue weighted by Crippen LogP contribution is 1.98. The van der Waals surface area contributed by atoms with Crippen molar-refractivity contribution in [2.45, 2.75) is 0 Å². The molecule has 1 rings (SSSR count). The Bertz CT molecular complexity index is 156. The Morgan fingerprint density at radius 1 is 0.750 bits per heavy atom. The molecule has 0 radical (unpaired) electrons. The largest absolute Gasteiger partial charge is 0.312 e. The highest BCUT2D eigenvalue weighted by molar-refractivity contribution is 7.97. The van der Waals surface area contributed by atoms with E-state index in [9.17, 15) is 0 Å². The summed E-state index contributed by atoms with van der Waals surface area (Å²) < 4.78 is 0. The third kappa shape index (κ3) is 36.2. The molecule has 126 valence electrons. The van der Waals surface area contributed by atoms with Crippen LogP contribution in [0.1, 0.15) is 0 Å². The van der Waals surface area contributed by atoms with Crippen molar-refractivity contribution in [3.8, 4) is 0 Å². The molecular formula is C14H39N5S. The Morgan fingerprint density at radius 3 is 0.950 bits per heavy atom. The summed E-state index contributed by atoms with van der Waals surface area (Å²) in [5.74, 6) is 0. The summed E-state index contributed by atoms with van der Waals surface area (Å²) in [5.41, 5.74) is 0.